The van der Waals surface area contributed by atoms with Crippen LogP contribution in [0, 0.1) is 0 Å². The van der Waals surface area contributed by atoms with E-state index in [1.165, 1.54) is 0 Å². The topological polar surface area (TPSA) is 49.8 Å². The Balaban J connectivity index is 2.49. The summed E-state index contributed by atoms with van der Waals surface area (Å²) in [7, 11) is 0. The van der Waals surface area contributed by atoms with Gasteiger partial charge in [0.1, 0.15) is 0 Å². The Morgan fingerprint density at radius 3 is 2.64 bits per heavy atom. The van der Waals surface area contributed by atoms with Crippen LogP contribution >= 0.6 is 0 Å². The number of benzene rings is 1. The molecule has 0 atom stereocenters. The smallest absolute Gasteiger partial charge is 0.434 e. The van der Waals surface area contributed by atoms with E-state index in [9.17, 15) is 10.0 Å². The molecule has 1 rings (SSSR count). The van der Waals surface area contributed by atoms with E-state index in [0.717, 1.165) is 5.56 Å². The molecule has 0 fully saturated rings. The summed E-state index contributed by atoms with van der Waals surface area (Å²) >= 11 is 0. The van der Waals surface area contributed by atoms with Crippen LogP contribution in [0.25, 0.3) is 0 Å². The van der Waals surface area contributed by atoms with Gasteiger partial charge in [-0.15, -0.1) is 0 Å². The Labute approximate surface area is 82.7 Å². The van der Waals surface area contributed by atoms with Gasteiger partial charge in [0.25, 0.3) is 0 Å². The highest BCUT2D eigenvalue weighted by molar-refractivity contribution is 5.66. The molecule has 0 aliphatic carbocycles. The van der Waals surface area contributed by atoms with Crippen molar-refractivity contribution in [2.24, 2.45) is 0 Å². The van der Waals surface area contributed by atoms with Gasteiger partial charge in [-0.2, -0.15) is 5.06 Å². The lowest BCUT2D eigenvalue weighted by molar-refractivity contribution is -0.0800. The number of nitrogens with zero attached hydrogens (tertiary/aromatic N) is 1. The number of rotatable bonds is 3. The van der Waals surface area contributed by atoms with Crippen LogP contribution in [-0.2, 0) is 11.3 Å². The van der Waals surface area contributed by atoms with Crippen LogP contribution in [0.1, 0.15) is 12.5 Å². The van der Waals surface area contributed by atoms with Crippen LogP contribution in [0.4, 0.5) is 4.79 Å². The van der Waals surface area contributed by atoms with Gasteiger partial charge in [0.2, 0.25) is 0 Å². The fourth-order valence-electron chi connectivity index (χ4n) is 1.02. The normalized spacial score (nSPS) is 9.57. The number of hydroxylamine groups is 2. The molecule has 14 heavy (non-hydrogen) atoms. The van der Waals surface area contributed by atoms with Crippen LogP contribution in [-0.4, -0.2) is 23.0 Å². The predicted molar refractivity (Wildman–Crippen MR) is 50.8 cm³/mol. The van der Waals surface area contributed by atoms with Crippen molar-refractivity contribution in [3.05, 3.63) is 35.9 Å². The fraction of sp³-hybridized carbons (Fsp3) is 0.300. The molecule has 1 amide bonds. The van der Waals surface area contributed by atoms with Gasteiger partial charge in [0.05, 0.1) is 13.2 Å². The molecule has 0 aliphatic rings. The van der Waals surface area contributed by atoms with Crippen molar-refractivity contribution in [3.8, 4) is 0 Å². The minimum atomic E-state index is -0.726. The molecule has 0 aromatic heterocycles. The molecule has 76 valence electrons. The molecule has 0 bridgehead atoms. The summed E-state index contributed by atoms with van der Waals surface area (Å²) in [5.41, 5.74) is 0.850. The molecule has 4 nitrogen and oxygen atoms in total. The number of amides is 1. The van der Waals surface area contributed by atoms with E-state index in [-0.39, 0.29) is 13.2 Å². The molecule has 0 heterocycles. The predicted octanol–water partition coefficient (Wildman–Crippen LogP) is 2.03. The molecule has 0 aliphatic heterocycles. The summed E-state index contributed by atoms with van der Waals surface area (Å²) in [6, 6.07) is 9.20. The SMILES string of the molecule is CCOC(=O)N(O)Cc1ccccc1. The summed E-state index contributed by atoms with van der Waals surface area (Å²) in [4.78, 5) is 11.0. The van der Waals surface area contributed by atoms with Gasteiger partial charge < -0.3 is 4.74 Å². The van der Waals surface area contributed by atoms with Crippen LogP contribution < -0.4 is 0 Å². The van der Waals surface area contributed by atoms with E-state index in [2.05, 4.69) is 4.74 Å². The van der Waals surface area contributed by atoms with Crippen LogP contribution in [0.3, 0.4) is 0 Å². The Kier molecular flexibility index (Phi) is 3.94. The first kappa shape index (κ1) is 10.5. The second-order valence-corrected chi connectivity index (χ2v) is 2.74. The molecule has 0 spiro atoms. The number of carbonyl (C=O) groups excluding carboxylic acids is 1. The van der Waals surface area contributed by atoms with Crippen LogP contribution in [0.15, 0.2) is 30.3 Å². The van der Waals surface area contributed by atoms with Crippen molar-refractivity contribution in [2.75, 3.05) is 6.61 Å². The molecular formula is C10H13NO3. The Bertz CT molecular complexity index is 287. The fourth-order valence-corrected chi connectivity index (χ4v) is 1.02. The average Bonchev–Trinajstić information content (AvgIpc) is 2.19. The standard InChI is InChI=1S/C10H13NO3/c1-2-14-10(12)11(13)8-9-6-4-3-5-7-9/h3-7,13H,2,8H2,1H3. The van der Waals surface area contributed by atoms with Gasteiger partial charge >= 0.3 is 6.09 Å². The average molecular weight is 195 g/mol. The molecule has 0 saturated carbocycles. The molecular weight excluding hydrogens is 182 g/mol. The summed E-state index contributed by atoms with van der Waals surface area (Å²) in [6.45, 7) is 2.08. The third-order valence-electron chi connectivity index (χ3n) is 1.65. The highest BCUT2D eigenvalue weighted by Gasteiger charge is 2.11. The first-order valence-electron chi connectivity index (χ1n) is 4.41. The lowest BCUT2D eigenvalue weighted by Gasteiger charge is -2.13. The van der Waals surface area contributed by atoms with E-state index in [1.54, 1.807) is 6.92 Å². The lowest BCUT2D eigenvalue weighted by atomic mass is 10.2. The highest BCUT2D eigenvalue weighted by Crippen LogP contribution is 2.03. The molecule has 4 heteroatoms. The minimum Gasteiger partial charge on any atom is -0.448 e. The number of carbonyl (C=O) groups is 1. The van der Waals surface area contributed by atoms with Crippen LogP contribution in [0.2, 0.25) is 0 Å². The van der Waals surface area contributed by atoms with Gasteiger partial charge in [0.15, 0.2) is 0 Å². The van der Waals surface area contributed by atoms with Crippen LogP contribution in [0.5, 0.6) is 0 Å². The number of hydrogen-bond donors (Lipinski definition) is 1. The first-order chi connectivity index (χ1) is 6.74. The lowest BCUT2D eigenvalue weighted by Crippen LogP contribution is -2.27. The molecule has 1 aromatic carbocycles. The maximum atomic E-state index is 11.0. The Morgan fingerprint density at radius 1 is 1.43 bits per heavy atom. The maximum Gasteiger partial charge on any atom is 0.434 e. The summed E-state index contributed by atoms with van der Waals surface area (Å²) < 4.78 is 4.61. The van der Waals surface area contributed by atoms with Gasteiger partial charge in [-0.3, -0.25) is 5.21 Å². The van der Waals surface area contributed by atoms with E-state index in [1.807, 2.05) is 30.3 Å². The zero-order valence-corrected chi connectivity index (χ0v) is 8.01. The quantitative estimate of drug-likeness (QED) is 0.593. The second kappa shape index (κ2) is 5.24. The van der Waals surface area contributed by atoms with Crippen molar-refractivity contribution in [1.82, 2.24) is 5.06 Å². The van der Waals surface area contributed by atoms with Crippen molar-refractivity contribution >= 4 is 6.09 Å². The highest BCUT2D eigenvalue weighted by atomic mass is 16.6. The zero-order valence-electron chi connectivity index (χ0n) is 8.01. The molecule has 1 aromatic rings. The Hall–Kier alpha value is -1.55. The van der Waals surface area contributed by atoms with Gasteiger partial charge in [-0.05, 0) is 12.5 Å². The molecule has 0 saturated heterocycles. The molecule has 0 unspecified atom stereocenters. The third-order valence-corrected chi connectivity index (χ3v) is 1.65. The monoisotopic (exact) mass is 195 g/mol. The van der Waals surface area contributed by atoms with E-state index >= 15 is 0 Å². The van der Waals surface area contributed by atoms with E-state index in [4.69, 9.17) is 0 Å². The van der Waals surface area contributed by atoms with Gasteiger partial charge in [-0.25, -0.2) is 4.79 Å². The molecule has 0 radical (unpaired) electrons. The number of hydrogen-bond acceptors (Lipinski definition) is 3. The number of ether oxygens (including phenoxy) is 1. The van der Waals surface area contributed by atoms with E-state index in [0.29, 0.717) is 5.06 Å². The summed E-state index contributed by atoms with van der Waals surface area (Å²) in [6.07, 6.45) is -0.726. The van der Waals surface area contributed by atoms with Crippen molar-refractivity contribution in [3.63, 3.8) is 0 Å². The Morgan fingerprint density at radius 2 is 2.07 bits per heavy atom. The van der Waals surface area contributed by atoms with Gasteiger partial charge in [0, 0.05) is 0 Å². The van der Waals surface area contributed by atoms with Crippen molar-refractivity contribution in [1.29, 1.82) is 0 Å². The largest absolute Gasteiger partial charge is 0.448 e. The van der Waals surface area contributed by atoms with Crippen molar-refractivity contribution < 1.29 is 14.7 Å². The first-order valence-corrected chi connectivity index (χ1v) is 4.41. The zero-order chi connectivity index (χ0) is 10.4. The maximum absolute atomic E-state index is 11.0. The third kappa shape index (κ3) is 3.06. The van der Waals surface area contributed by atoms with E-state index < -0.39 is 6.09 Å². The second-order valence-electron chi connectivity index (χ2n) is 2.74. The van der Waals surface area contributed by atoms with Gasteiger partial charge in [-0.1, -0.05) is 30.3 Å². The summed E-state index contributed by atoms with van der Waals surface area (Å²) in [5, 5.41) is 9.82. The van der Waals surface area contributed by atoms with Crippen molar-refractivity contribution in [2.45, 2.75) is 13.5 Å². The minimum absolute atomic E-state index is 0.139. The molecule has 1 N–H and O–H groups in total. The summed E-state index contributed by atoms with van der Waals surface area (Å²) in [5.74, 6) is 0.